The SMILES string of the molecule is Cc1cccc(-c2noc([C@H](C)NS(=O)(=O)c3ccc(F)cc3)n2)c1. The van der Waals surface area contributed by atoms with E-state index in [2.05, 4.69) is 14.9 Å². The number of nitrogens with zero attached hydrogens (tertiary/aromatic N) is 2. The van der Waals surface area contributed by atoms with Crippen molar-refractivity contribution in [3.63, 3.8) is 0 Å². The molecule has 1 aromatic heterocycles. The van der Waals surface area contributed by atoms with Gasteiger partial charge in [0.05, 0.1) is 10.9 Å². The molecular formula is C17H16FN3O3S. The topological polar surface area (TPSA) is 85.1 Å². The number of rotatable bonds is 5. The Labute approximate surface area is 144 Å². The Balaban J connectivity index is 1.80. The van der Waals surface area contributed by atoms with Crippen molar-refractivity contribution in [1.29, 1.82) is 0 Å². The summed E-state index contributed by atoms with van der Waals surface area (Å²) < 4.78 is 45.2. The summed E-state index contributed by atoms with van der Waals surface area (Å²) in [6.07, 6.45) is 0. The third kappa shape index (κ3) is 3.92. The standard InChI is InChI=1S/C17H16FN3O3S/c1-11-4-3-5-13(10-11)16-19-17(24-20-16)12(2)21-25(22,23)15-8-6-14(18)7-9-15/h3-10,12,21H,1-2H3/t12-/m0/s1. The molecule has 25 heavy (non-hydrogen) atoms. The molecule has 0 aliphatic rings. The average molecular weight is 361 g/mol. The van der Waals surface area contributed by atoms with Crippen LogP contribution in [0.3, 0.4) is 0 Å². The van der Waals surface area contributed by atoms with Gasteiger partial charge in [0.15, 0.2) is 0 Å². The van der Waals surface area contributed by atoms with Gasteiger partial charge in [0.25, 0.3) is 0 Å². The monoisotopic (exact) mass is 361 g/mol. The second-order valence-electron chi connectivity index (χ2n) is 5.62. The van der Waals surface area contributed by atoms with E-state index in [0.717, 1.165) is 23.3 Å². The van der Waals surface area contributed by atoms with Crippen LogP contribution in [-0.4, -0.2) is 18.6 Å². The van der Waals surface area contributed by atoms with Crippen molar-refractivity contribution >= 4 is 10.0 Å². The average Bonchev–Trinajstić information content (AvgIpc) is 3.05. The van der Waals surface area contributed by atoms with Crippen molar-refractivity contribution in [2.24, 2.45) is 0 Å². The van der Waals surface area contributed by atoms with Gasteiger partial charge in [-0.2, -0.15) is 9.71 Å². The fourth-order valence-corrected chi connectivity index (χ4v) is 3.47. The highest BCUT2D eigenvalue weighted by Gasteiger charge is 2.22. The van der Waals surface area contributed by atoms with Gasteiger partial charge < -0.3 is 4.52 Å². The van der Waals surface area contributed by atoms with E-state index >= 15 is 0 Å². The van der Waals surface area contributed by atoms with Crippen molar-refractivity contribution in [2.45, 2.75) is 24.8 Å². The van der Waals surface area contributed by atoms with Crippen LogP contribution in [0.25, 0.3) is 11.4 Å². The molecule has 1 N–H and O–H groups in total. The van der Waals surface area contributed by atoms with E-state index in [-0.39, 0.29) is 10.8 Å². The Morgan fingerprint density at radius 1 is 1.16 bits per heavy atom. The van der Waals surface area contributed by atoms with Gasteiger partial charge >= 0.3 is 0 Å². The molecule has 0 unspecified atom stereocenters. The minimum absolute atomic E-state index is 0.0424. The lowest BCUT2D eigenvalue weighted by molar-refractivity contribution is 0.354. The number of benzene rings is 2. The van der Waals surface area contributed by atoms with E-state index in [9.17, 15) is 12.8 Å². The quantitative estimate of drug-likeness (QED) is 0.754. The molecule has 0 aliphatic carbocycles. The molecular weight excluding hydrogens is 345 g/mol. The summed E-state index contributed by atoms with van der Waals surface area (Å²) in [4.78, 5) is 4.21. The van der Waals surface area contributed by atoms with Crippen LogP contribution in [0.4, 0.5) is 4.39 Å². The van der Waals surface area contributed by atoms with E-state index in [4.69, 9.17) is 4.52 Å². The van der Waals surface area contributed by atoms with Crippen LogP contribution in [0.1, 0.15) is 24.4 Å². The number of hydrogen-bond donors (Lipinski definition) is 1. The number of aromatic nitrogens is 2. The lowest BCUT2D eigenvalue weighted by atomic mass is 10.1. The number of nitrogens with one attached hydrogen (secondary N) is 1. The molecule has 0 fully saturated rings. The molecule has 0 bridgehead atoms. The Kier molecular flexibility index (Phi) is 4.65. The highest BCUT2D eigenvalue weighted by atomic mass is 32.2. The summed E-state index contributed by atoms with van der Waals surface area (Å²) in [6.45, 7) is 3.54. The summed E-state index contributed by atoms with van der Waals surface area (Å²) in [5, 5.41) is 3.89. The molecule has 0 saturated heterocycles. The normalized spacial score (nSPS) is 12.9. The molecule has 2 aromatic carbocycles. The maximum atomic E-state index is 12.9. The summed E-state index contributed by atoms with van der Waals surface area (Å²) >= 11 is 0. The zero-order valence-corrected chi connectivity index (χ0v) is 14.4. The summed E-state index contributed by atoms with van der Waals surface area (Å²) in [7, 11) is -3.83. The summed E-state index contributed by atoms with van der Waals surface area (Å²) in [5.74, 6) is 0.0143. The van der Waals surface area contributed by atoms with Crippen LogP contribution < -0.4 is 4.72 Å². The fourth-order valence-electron chi connectivity index (χ4n) is 2.28. The van der Waals surface area contributed by atoms with Gasteiger partial charge in [-0.25, -0.2) is 12.8 Å². The van der Waals surface area contributed by atoms with Gasteiger partial charge in [-0.3, -0.25) is 0 Å². The highest BCUT2D eigenvalue weighted by molar-refractivity contribution is 7.89. The molecule has 3 aromatic rings. The van der Waals surface area contributed by atoms with Crippen molar-refractivity contribution < 1.29 is 17.3 Å². The molecule has 0 aliphatic heterocycles. The van der Waals surface area contributed by atoms with Gasteiger partial charge in [-0.05, 0) is 44.2 Å². The number of aryl methyl sites for hydroxylation is 1. The number of sulfonamides is 1. The van der Waals surface area contributed by atoms with E-state index < -0.39 is 21.9 Å². The third-order valence-corrected chi connectivity index (χ3v) is 5.10. The molecule has 6 nitrogen and oxygen atoms in total. The minimum Gasteiger partial charge on any atom is -0.337 e. The smallest absolute Gasteiger partial charge is 0.244 e. The first-order chi connectivity index (χ1) is 11.8. The van der Waals surface area contributed by atoms with Gasteiger partial charge in [-0.15, -0.1) is 0 Å². The minimum atomic E-state index is -3.83. The van der Waals surface area contributed by atoms with Gasteiger partial charge in [-0.1, -0.05) is 28.9 Å². The lowest BCUT2D eigenvalue weighted by Crippen LogP contribution is -2.27. The van der Waals surface area contributed by atoms with Crippen molar-refractivity contribution in [3.05, 3.63) is 65.8 Å². The van der Waals surface area contributed by atoms with Gasteiger partial charge in [0.2, 0.25) is 21.7 Å². The first-order valence-corrected chi connectivity index (χ1v) is 9.02. The van der Waals surface area contributed by atoms with E-state index in [1.165, 1.54) is 12.1 Å². The third-order valence-electron chi connectivity index (χ3n) is 3.54. The first-order valence-electron chi connectivity index (χ1n) is 7.54. The summed E-state index contributed by atoms with van der Waals surface area (Å²) in [6, 6.07) is 11.4. The van der Waals surface area contributed by atoms with Crippen molar-refractivity contribution in [1.82, 2.24) is 14.9 Å². The zero-order valence-electron chi connectivity index (χ0n) is 13.6. The first kappa shape index (κ1) is 17.2. The Hall–Kier alpha value is -2.58. The predicted octanol–water partition coefficient (Wildman–Crippen LogP) is 3.22. The molecule has 130 valence electrons. The second-order valence-corrected chi connectivity index (χ2v) is 7.34. The fraction of sp³-hybridized carbons (Fsp3) is 0.176. The molecule has 8 heteroatoms. The van der Waals surface area contributed by atoms with E-state index in [1.54, 1.807) is 6.92 Å². The molecule has 0 amide bonds. The van der Waals surface area contributed by atoms with Crippen LogP contribution in [0.5, 0.6) is 0 Å². The Morgan fingerprint density at radius 3 is 2.56 bits per heavy atom. The Morgan fingerprint density at radius 2 is 1.88 bits per heavy atom. The van der Waals surface area contributed by atoms with E-state index in [1.807, 2.05) is 31.2 Å². The van der Waals surface area contributed by atoms with Crippen molar-refractivity contribution in [3.8, 4) is 11.4 Å². The number of hydrogen-bond acceptors (Lipinski definition) is 5. The second kappa shape index (κ2) is 6.73. The van der Waals surface area contributed by atoms with Crippen LogP contribution in [-0.2, 0) is 10.0 Å². The van der Waals surface area contributed by atoms with Crippen LogP contribution in [0.15, 0.2) is 57.9 Å². The largest absolute Gasteiger partial charge is 0.337 e. The Bertz CT molecular complexity index is 984. The molecule has 0 saturated carbocycles. The molecule has 0 radical (unpaired) electrons. The maximum absolute atomic E-state index is 12.9. The lowest BCUT2D eigenvalue weighted by Gasteiger charge is -2.10. The van der Waals surface area contributed by atoms with Gasteiger partial charge in [0, 0.05) is 5.56 Å². The highest BCUT2D eigenvalue weighted by Crippen LogP contribution is 2.21. The number of halogens is 1. The maximum Gasteiger partial charge on any atom is 0.244 e. The van der Waals surface area contributed by atoms with Crippen LogP contribution >= 0.6 is 0 Å². The zero-order chi connectivity index (χ0) is 18.0. The van der Waals surface area contributed by atoms with E-state index in [0.29, 0.717) is 5.82 Å². The van der Waals surface area contributed by atoms with Crippen LogP contribution in [0.2, 0.25) is 0 Å². The van der Waals surface area contributed by atoms with Crippen molar-refractivity contribution in [2.75, 3.05) is 0 Å². The molecule has 3 rings (SSSR count). The molecule has 1 atom stereocenters. The predicted molar refractivity (Wildman–Crippen MR) is 89.6 cm³/mol. The molecule has 0 spiro atoms. The van der Waals surface area contributed by atoms with Gasteiger partial charge in [0.1, 0.15) is 5.82 Å². The van der Waals surface area contributed by atoms with Crippen LogP contribution in [0, 0.1) is 12.7 Å². The molecule has 1 heterocycles. The summed E-state index contributed by atoms with van der Waals surface area (Å²) in [5.41, 5.74) is 1.83.